The topological polar surface area (TPSA) is 45.7 Å². The molecule has 0 spiro atoms. The summed E-state index contributed by atoms with van der Waals surface area (Å²) >= 11 is 6.39. The summed E-state index contributed by atoms with van der Waals surface area (Å²) in [6.45, 7) is 7.19. The number of hydrogen-bond donors (Lipinski definition) is 0. The summed E-state index contributed by atoms with van der Waals surface area (Å²) in [6.07, 6.45) is 1.78. The SMILES string of the molecule is CCOCC(=O)N1C[C@@H]2CN(c3ncccc3Cl)C[C@@H]2[C@H]1c1ccccc1C. The second kappa shape index (κ2) is 8.10. The first-order valence-corrected chi connectivity index (χ1v) is 10.3. The van der Waals surface area contributed by atoms with E-state index >= 15 is 0 Å². The lowest BCUT2D eigenvalue weighted by molar-refractivity contribution is -0.137. The number of ether oxygens (including phenoxy) is 1. The van der Waals surface area contributed by atoms with Crippen LogP contribution in [0.5, 0.6) is 0 Å². The number of hydrogen-bond acceptors (Lipinski definition) is 4. The highest BCUT2D eigenvalue weighted by atomic mass is 35.5. The molecule has 1 aromatic carbocycles. The molecule has 4 rings (SSSR count). The number of benzene rings is 1. The number of aromatic nitrogens is 1. The van der Waals surface area contributed by atoms with Crippen molar-refractivity contribution in [1.82, 2.24) is 9.88 Å². The number of nitrogens with zero attached hydrogens (tertiary/aromatic N) is 3. The maximum absolute atomic E-state index is 12.9. The van der Waals surface area contributed by atoms with Crippen molar-refractivity contribution in [2.24, 2.45) is 11.8 Å². The van der Waals surface area contributed by atoms with E-state index in [0.29, 0.717) is 23.5 Å². The molecule has 0 N–H and O–H groups in total. The Kier molecular flexibility index (Phi) is 5.56. The van der Waals surface area contributed by atoms with Gasteiger partial charge in [0, 0.05) is 44.3 Å². The fourth-order valence-corrected chi connectivity index (χ4v) is 4.92. The smallest absolute Gasteiger partial charge is 0.249 e. The largest absolute Gasteiger partial charge is 0.372 e. The van der Waals surface area contributed by atoms with Gasteiger partial charge in [-0.25, -0.2) is 4.98 Å². The van der Waals surface area contributed by atoms with Gasteiger partial charge in [-0.2, -0.15) is 0 Å². The predicted octanol–water partition coefficient (Wildman–Crippen LogP) is 3.72. The summed E-state index contributed by atoms with van der Waals surface area (Å²) in [5, 5.41) is 0.680. The molecule has 0 unspecified atom stereocenters. The molecule has 148 valence electrons. The Hall–Kier alpha value is -2.11. The summed E-state index contributed by atoms with van der Waals surface area (Å²) in [6, 6.07) is 12.2. The van der Waals surface area contributed by atoms with Crippen LogP contribution in [0.1, 0.15) is 24.1 Å². The fraction of sp³-hybridized carbons (Fsp3) is 0.455. The van der Waals surface area contributed by atoms with E-state index in [1.807, 2.05) is 30.0 Å². The van der Waals surface area contributed by atoms with Crippen LogP contribution in [0.3, 0.4) is 0 Å². The van der Waals surface area contributed by atoms with E-state index in [0.717, 1.165) is 25.5 Å². The molecule has 5 nitrogen and oxygen atoms in total. The number of fused-ring (bicyclic) bond motifs is 1. The van der Waals surface area contributed by atoms with E-state index in [2.05, 4.69) is 35.0 Å². The molecule has 3 heterocycles. The van der Waals surface area contributed by atoms with Gasteiger partial charge in [0.15, 0.2) is 0 Å². The number of amides is 1. The van der Waals surface area contributed by atoms with Gasteiger partial charge < -0.3 is 14.5 Å². The zero-order valence-electron chi connectivity index (χ0n) is 16.3. The number of pyridine rings is 1. The fourth-order valence-electron chi connectivity index (χ4n) is 4.67. The molecule has 2 saturated heterocycles. The van der Waals surface area contributed by atoms with Crippen LogP contribution in [-0.2, 0) is 9.53 Å². The van der Waals surface area contributed by atoms with Crippen molar-refractivity contribution in [2.45, 2.75) is 19.9 Å². The van der Waals surface area contributed by atoms with E-state index in [1.165, 1.54) is 11.1 Å². The van der Waals surface area contributed by atoms with Crippen molar-refractivity contribution in [3.05, 3.63) is 58.7 Å². The first kappa shape index (κ1) is 19.2. The van der Waals surface area contributed by atoms with Crippen LogP contribution in [0, 0.1) is 18.8 Å². The second-order valence-corrected chi connectivity index (χ2v) is 8.03. The summed E-state index contributed by atoms with van der Waals surface area (Å²) in [7, 11) is 0. The number of rotatable bonds is 5. The van der Waals surface area contributed by atoms with Gasteiger partial charge in [0.2, 0.25) is 5.91 Å². The van der Waals surface area contributed by atoms with Gasteiger partial charge in [-0.15, -0.1) is 0 Å². The molecule has 6 heteroatoms. The number of anilines is 1. The lowest BCUT2D eigenvalue weighted by atomic mass is 9.87. The lowest BCUT2D eigenvalue weighted by Crippen LogP contribution is -2.38. The molecule has 1 amide bonds. The van der Waals surface area contributed by atoms with Gasteiger partial charge in [-0.05, 0) is 37.1 Å². The second-order valence-electron chi connectivity index (χ2n) is 7.62. The van der Waals surface area contributed by atoms with Gasteiger partial charge in [-0.3, -0.25) is 4.79 Å². The Balaban J connectivity index is 1.63. The number of likely N-dealkylation sites (tertiary alicyclic amines) is 1. The summed E-state index contributed by atoms with van der Waals surface area (Å²) < 4.78 is 5.42. The van der Waals surface area contributed by atoms with Gasteiger partial charge in [0.05, 0.1) is 11.1 Å². The molecule has 2 fully saturated rings. The van der Waals surface area contributed by atoms with E-state index in [4.69, 9.17) is 16.3 Å². The molecular weight excluding hydrogens is 374 g/mol. The Bertz CT molecular complexity index is 859. The van der Waals surface area contributed by atoms with Gasteiger partial charge >= 0.3 is 0 Å². The Morgan fingerprint density at radius 1 is 1.21 bits per heavy atom. The van der Waals surface area contributed by atoms with Crippen LogP contribution in [-0.4, -0.2) is 48.6 Å². The summed E-state index contributed by atoms with van der Waals surface area (Å²) in [5.74, 6) is 1.67. The van der Waals surface area contributed by atoms with Crippen LogP contribution in [0.2, 0.25) is 5.02 Å². The number of carbonyl (C=O) groups excluding carboxylic acids is 1. The minimum atomic E-state index is 0.0617. The minimum absolute atomic E-state index is 0.0617. The van der Waals surface area contributed by atoms with Gasteiger partial charge in [0.25, 0.3) is 0 Å². The molecular formula is C22H26ClN3O2. The molecule has 0 aliphatic carbocycles. The lowest BCUT2D eigenvalue weighted by Gasteiger charge is -2.31. The molecule has 2 aliphatic heterocycles. The first-order chi connectivity index (χ1) is 13.6. The quantitative estimate of drug-likeness (QED) is 0.768. The first-order valence-electron chi connectivity index (χ1n) is 9.88. The van der Waals surface area contributed by atoms with Crippen molar-refractivity contribution >= 4 is 23.3 Å². The minimum Gasteiger partial charge on any atom is -0.372 e. The van der Waals surface area contributed by atoms with Crippen LogP contribution in [0.4, 0.5) is 5.82 Å². The normalized spacial score (nSPS) is 23.9. The maximum atomic E-state index is 12.9. The molecule has 3 atom stereocenters. The van der Waals surface area contributed by atoms with Crippen molar-refractivity contribution in [2.75, 3.05) is 37.7 Å². The third-order valence-electron chi connectivity index (χ3n) is 5.96. The van der Waals surface area contributed by atoms with Crippen LogP contribution < -0.4 is 4.90 Å². The molecule has 0 saturated carbocycles. The third-order valence-corrected chi connectivity index (χ3v) is 6.25. The summed E-state index contributed by atoms with van der Waals surface area (Å²) in [4.78, 5) is 21.7. The monoisotopic (exact) mass is 399 g/mol. The van der Waals surface area contributed by atoms with Crippen molar-refractivity contribution < 1.29 is 9.53 Å². The average Bonchev–Trinajstić information content (AvgIpc) is 3.25. The standard InChI is InChI=1S/C22H26ClN3O2/c1-3-28-14-20(27)26-12-16-11-25(22-19(23)9-6-10-24-22)13-18(16)21(26)17-8-5-4-7-15(17)2/h4-10,16,18,21H,3,11-14H2,1-2H3/t16-,18-,21+/m0/s1. The van der Waals surface area contributed by atoms with E-state index in [-0.39, 0.29) is 18.6 Å². The van der Waals surface area contributed by atoms with Crippen molar-refractivity contribution in [3.8, 4) is 0 Å². The highest BCUT2D eigenvalue weighted by Crippen LogP contribution is 2.47. The van der Waals surface area contributed by atoms with Gasteiger partial charge in [-0.1, -0.05) is 35.9 Å². The summed E-state index contributed by atoms with van der Waals surface area (Å²) in [5.41, 5.74) is 2.45. The zero-order chi connectivity index (χ0) is 19.7. The predicted molar refractivity (Wildman–Crippen MR) is 111 cm³/mol. The van der Waals surface area contributed by atoms with E-state index in [9.17, 15) is 4.79 Å². The van der Waals surface area contributed by atoms with Crippen LogP contribution in [0.25, 0.3) is 0 Å². The Labute approximate surface area is 171 Å². The highest BCUT2D eigenvalue weighted by molar-refractivity contribution is 6.32. The van der Waals surface area contributed by atoms with E-state index < -0.39 is 0 Å². The molecule has 2 aliphatic rings. The molecule has 1 aromatic heterocycles. The van der Waals surface area contributed by atoms with E-state index in [1.54, 1.807) is 6.20 Å². The maximum Gasteiger partial charge on any atom is 0.249 e. The highest BCUT2D eigenvalue weighted by Gasteiger charge is 2.49. The van der Waals surface area contributed by atoms with Crippen LogP contribution in [0.15, 0.2) is 42.6 Å². The third kappa shape index (κ3) is 3.49. The van der Waals surface area contributed by atoms with Gasteiger partial charge in [0.1, 0.15) is 12.4 Å². The molecule has 28 heavy (non-hydrogen) atoms. The average molecular weight is 400 g/mol. The van der Waals surface area contributed by atoms with Crippen molar-refractivity contribution in [3.63, 3.8) is 0 Å². The van der Waals surface area contributed by atoms with Crippen LogP contribution >= 0.6 is 11.6 Å². The zero-order valence-corrected chi connectivity index (χ0v) is 17.1. The molecule has 0 radical (unpaired) electrons. The number of aryl methyl sites for hydroxylation is 1. The van der Waals surface area contributed by atoms with Crippen molar-refractivity contribution in [1.29, 1.82) is 0 Å². The Morgan fingerprint density at radius 3 is 2.79 bits per heavy atom. The molecule has 0 bridgehead atoms. The molecule has 2 aromatic rings. The number of carbonyl (C=O) groups is 1. The Morgan fingerprint density at radius 2 is 2.04 bits per heavy atom. The number of halogens is 1.